The van der Waals surface area contributed by atoms with Gasteiger partial charge < -0.3 is 10.2 Å². The van der Waals surface area contributed by atoms with Gasteiger partial charge in [0.05, 0.1) is 12.1 Å². The van der Waals surface area contributed by atoms with Gasteiger partial charge in [0, 0.05) is 12.1 Å². The van der Waals surface area contributed by atoms with E-state index in [4.69, 9.17) is 10.2 Å². The van der Waals surface area contributed by atoms with Crippen LogP contribution in [0, 0.1) is 0 Å². The van der Waals surface area contributed by atoms with Crippen LogP contribution in [0.3, 0.4) is 0 Å². The molecule has 3 rings (SSSR count). The summed E-state index contributed by atoms with van der Waals surface area (Å²) in [5.41, 5.74) is 12.7. The molecule has 6 heteroatoms. The first-order chi connectivity index (χ1) is 8.34. The average molecular weight is 231 g/mol. The predicted octanol–water partition coefficient (Wildman–Crippen LogP) is 0.213. The van der Waals surface area contributed by atoms with Gasteiger partial charge in [-0.15, -0.1) is 10.2 Å². The third kappa shape index (κ3) is 1.93. The van der Waals surface area contributed by atoms with Crippen LogP contribution in [-0.2, 0) is 0 Å². The van der Waals surface area contributed by atoms with Gasteiger partial charge in [-0.3, -0.25) is 5.43 Å². The molecule has 2 heterocycles. The summed E-state index contributed by atoms with van der Waals surface area (Å²) in [4.78, 5) is 0. The number of nitrogens with two attached hydrogens (primary N) is 1. The van der Waals surface area contributed by atoms with E-state index in [1.54, 1.807) is 0 Å². The average Bonchev–Trinajstić information content (AvgIpc) is 2.98. The molecule has 6 nitrogen and oxygen atoms in total. The van der Waals surface area contributed by atoms with Crippen LogP contribution in [0.15, 0.2) is 34.7 Å². The van der Waals surface area contributed by atoms with Gasteiger partial charge >= 0.3 is 0 Å². The molecule has 1 aromatic carbocycles. The second kappa shape index (κ2) is 4.25. The van der Waals surface area contributed by atoms with E-state index in [0.717, 1.165) is 5.56 Å². The number of aromatic nitrogens is 2. The Balaban J connectivity index is 1.88. The molecule has 2 unspecified atom stereocenters. The topological polar surface area (TPSA) is 89.0 Å². The van der Waals surface area contributed by atoms with Crippen molar-refractivity contribution in [3.63, 3.8) is 0 Å². The van der Waals surface area contributed by atoms with E-state index in [0.29, 0.717) is 18.3 Å². The van der Waals surface area contributed by atoms with Crippen LogP contribution in [0.5, 0.6) is 0 Å². The number of hydrogen-bond acceptors (Lipinski definition) is 6. The highest BCUT2D eigenvalue weighted by Gasteiger charge is 2.29. The molecular formula is C11H13N5O. The molecule has 17 heavy (non-hydrogen) atoms. The van der Waals surface area contributed by atoms with Gasteiger partial charge in [0.15, 0.2) is 0 Å². The summed E-state index contributed by atoms with van der Waals surface area (Å²) in [6, 6.07) is 9.68. The second-order valence-corrected chi connectivity index (χ2v) is 3.97. The lowest BCUT2D eigenvalue weighted by Gasteiger charge is -2.07. The molecule has 0 saturated carbocycles. The van der Waals surface area contributed by atoms with Crippen molar-refractivity contribution in [3.05, 3.63) is 36.2 Å². The molecule has 0 radical (unpaired) electrons. The Labute approximate surface area is 98.2 Å². The van der Waals surface area contributed by atoms with Gasteiger partial charge in [0.2, 0.25) is 11.8 Å². The van der Waals surface area contributed by atoms with Crippen molar-refractivity contribution in [3.8, 4) is 11.5 Å². The number of benzene rings is 1. The molecule has 2 aromatic rings. The van der Waals surface area contributed by atoms with Crippen LogP contribution in [0.25, 0.3) is 11.5 Å². The maximum Gasteiger partial charge on any atom is 0.247 e. The van der Waals surface area contributed by atoms with Crippen molar-refractivity contribution in [1.82, 2.24) is 21.0 Å². The summed E-state index contributed by atoms with van der Waals surface area (Å²) >= 11 is 0. The Morgan fingerprint density at radius 3 is 2.76 bits per heavy atom. The van der Waals surface area contributed by atoms with E-state index in [1.807, 2.05) is 30.3 Å². The summed E-state index contributed by atoms with van der Waals surface area (Å²) in [6.45, 7) is 0.692. The van der Waals surface area contributed by atoms with Crippen molar-refractivity contribution in [2.75, 3.05) is 6.54 Å². The number of hydrogen-bond donors (Lipinski definition) is 3. The predicted molar refractivity (Wildman–Crippen MR) is 61.6 cm³/mol. The molecule has 1 fully saturated rings. The van der Waals surface area contributed by atoms with Crippen LogP contribution in [0.1, 0.15) is 11.8 Å². The van der Waals surface area contributed by atoms with Crippen molar-refractivity contribution < 1.29 is 4.42 Å². The molecule has 4 N–H and O–H groups in total. The van der Waals surface area contributed by atoms with Crippen LogP contribution >= 0.6 is 0 Å². The molecule has 1 aliphatic rings. The molecule has 1 aliphatic heterocycles. The molecule has 0 aliphatic carbocycles. The SMILES string of the molecule is NC1NNCC1c1nnc(-c2ccccc2)o1. The molecule has 0 amide bonds. The maximum absolute atomic E-state index is 5.86. The van der Waals surface area contributed by atoms with E-state index < -0.39 is 0 Å². The van der Waals surface area contributed by atoms with Crippen molar-refractivity contribution in [1.29, 1.82) is 0 Å². The lowest BCUT2D eigenvalue weighted by molar-refractivity contribution is 0.434. The van der Waals surface area contributed by atoms with Crippen LogP contribution in [0.2, 0.25) is 0 Å². The normalized spacial score (nSPS) is 24.1. The van der Waals surface area contributed by atoms with Crippen molar-refractivity contribution in [2.24, 2.45) is 5.73 Å². The summed E-state index contributed by atoms with van der Waals surface area (Å²) in [5.74, 6) is 1.11. The zero-order chi connectivity index (χ0) is 11.7. The van der Waals surface area contributed by atoms with Gasteiger partial charge in [-0.2, -0.15) is 0 Å². The van der Waals surface area contributed by atoms with Gasteiger partial charge in [0.25, 0.3) is 0 Å². The Morgan fingerprint density at radius 2 is 2.06 bits per heavy atom. The third-order valence-corrected chi connectivity index (χ3v) is 2.80. The van der Waals surface area contributed by atoms with Gasteiger partial charge in [-0.1, -0.05) is 18.2 Å². The number of nitrogens with one attached hydrogen (secondary N) is 2. The summed E-state index contributed by atoms with van der Waals surface area (Å²) in [6.07, 6.45) is -0.195. The summed E-state index contributed by atoms with van der Waals surface area (Å²) in [5, 5.41) is 8.09. The Hall–Kier alpha value is -1.76. The monoisotopic (exact) mass is 231 g/mol. The standard InChI is InChI=1S/C11H13N5O/c12-9-8(6-13-14-9)11-16-15-10(17-11)7-4-2-1-3-5-7/h1-5,8-9,13-14H,6,12H2. The van der Waals surface area contributed by atoms with Gasteiger partial charge in [-0.05, 0) is 12.1 Å². The Kier molecular flexibility index (Phi) is 2.60. The van der Waals surface area contributed by atoms with E-state index in [1.165, 1.54) is 0 Å². The van der Waals surface area contributed by atoms with Gasteiger partial charge in [0.1, 0.15) is 0 Å². The van der Waals surface area contributed by atoms with Crippen LogP contribution < -0.4 is 16.6 Å². The highest BCUT2D eigenvalue weighted by atomic mass is 16.4. The number of nitrogens with zero attached hydrogens (tertiary/aromatic N) is 2. The molecular weight excluding hydrogens is 218 g/mol. The first-order valence-corrected chi connectivity index (χ1v) is 5.47. The van der Waals surface area contributed by atoms with E-state index >= 15 is 0 Å². The molecule has 0 spiro atoms. The smallest absolute Gasteiger partial charge is 0.247 e. The molecule has 1 saturated heterocycles. The fourth-order valence-electron chi connectivity index (χ4n) is 1.84. The zero-order valence-electron chi connectivity index (χ0n) is 9.13. The summed E-state index contributed by atoms with van der Waals surface area (Å²) in [7, 11) is 0. The first kappa shape index (κ1) is 10.4. The zero-order valence-corrected chi connectivity index (χ0v) is 9.13. The minimum absolute atomic E-state index is 0.0139. The minimum Gasteiger partial charge on any atom is -0.420 e. The Morgan fingerprint density at radius 1 is 1.24 bits per heavy atom. The summed E-state index contributed by atoms with van der Waals surface area (Å²) < 4.78 is 5.64. The fraction of sp³-hybridized carbons (Fsp3) is 0.273. The lowest BCUT2D eigenvalue weighted by atomic mass is 10.1. The molecule has 88 valence electrons. The minimum atomic E-state index is -0.195. The van der Waals surface area contributed by atoms with E-state index in [9.17, 15) is 0 Å². The maximum atomic E-state index is 5.86. The lowest BCUT2D eigenvalue weighted by Crippen LogP contribution is -2.38. The van der Waals surface area contributed by atoms with Crippen molar-refractivity contribution >= 4 is 0 Å². The molecule has 0 bridgehead atoms. The molecule has 2 atom stereocenters. The van der Waals surface area contributed by atoms with Crippen LogP contribution in [-0.4, -0.2) is 22.9 Å². The van der Waals surface area contributed by atoms with E-state index in [-0.39, 0.29) is 12.1 Å². The van der Waals surface area contributed by atoms with Crippen molar-refractivity contribution in [2.45, 2.75) is 12.1 Å². The second-order valence-electron chi connectivity index (χ2n) is 3.97. The number of hydrazine groups is 1. The van der Waals surface area contributed by atoms with Crippen LogP contribution in [0.4, 0.5) is 0 Å². The largest absolute Gasteiger partial charge is 0.420 e. The first-order valence-electron chi connectivity index (χ1n) is 5.47. The van der Waals surface area contributed by atoms with E-state index in [2.05, 4.69) is 21.0 Å². The Bertz CT molecular complexity index is 498. The fourth-order valence-corrected chi connectivity index (χ4v) is 1.84. The number of rotatable bonds is 2. The van der Waals surface area contributed by atoms with Gasteiger partial charge in [-0.25, -0.2) is 5.43 Å². The molecule has 1 aromatic heterocycles. The quantitative estimate of drug-likeness (QED) is 0.684. The highest BCUT2D eigenvalue weighted by Crippen LogP contribution is 2.23. The highest BCUT2D eigenvalue weighted by molar-refractivity contribution is 5.51. The third-order valence-electron chi connectivity index (χ3n) is 2.80.